The molecule has 2 rings (SSSR count). The number of halogens is 2. The summed E-state index contributed by atoms with van der Waals surface area (Å²) >= 11 is 0. The van der Waals surface area contributed by atoms with Crippen LogP contribution in [0.3, 0.4) is 0 Å². The third kappa shape index (κ3) is 5.11. The van der Waals surface area contributed by atoms with Gasteiger partial charge in [-0.3, -0.25) is 0 Å². The van der Waals surface area contributed by atoms with Gasteiger partial charge < -0.3 is 48.0 Å². The van der Waals surface area contributed by atoms with Gasteiger partial charge in [0.1, 0.15) is 0 Å². The molecule has 0 aliphatic rings. The van der Waals surface area contributed by atoms with Gasteiger partial charge in [0.25, 0.3) is 0 Å². The first-order chi connectivity index (χ1) is 6.40. The minimum absolute atomic E-state index is 0. The van der Waals surface area contributed by atoms with E-state index in [4.69, 9.17) is 0 Å². The molecule has 0 fully saturated rings. The molecule has 0 aromatic heterocycles. The largest absolute Gasteiger partial charge is 3.00 e. The SMILES string of the molecule is CCCCc1cc2ccccc2[cH-]1.[I-].[I-].[Ti+3]. The third-order valence-corrected chi connectivity index (χ3v) is 2.50. The Bertz CT molecular complexity index is 362. The van der Waals surface area contributed by atoms with E-state index < -0.39 is 0 Å². The van der Waals surface area contributed by atoms with Gasteiger partial charge in [-0.15, -0.1) is 40.6 Å². The quantitative estimate of drug-likeness (QED) is 0.273. The van der Waals surface area contributed by atoms with Crippen molar-refractivity contribution in [3.8, 4) is 0 Å². The van der Waals surface area contributed by atoms with E-state index in [-0.39, 0.29) is 69.7 Å². The first kappa shape index (κ1) is 19.3. The Hall–Kier alpha value is 1.00. The van der Waals surface area contributed by atoms with Crippen LogP contribution in [0.25, 0.3) is 10.8 Å². The van der Waals surface area contributed by atoms with Gasteiger partial charge in [-0.1, -0.05) is 25.8 Å². The van der Waals surface area contributed by atoms with E-state index >= 15 is 0 Å². The summed E-state index contributed by atoms with van der Waals surface area (Å²) < 4.78 is 0. The Labute approximate surface area is 147 Å². The van der Waals surface area contributed by atoms with Crippen molar-refractivity contribution < 1.29 is 69.7 Å². The van der Waals surface area contributed by atoms with E-state index in [1.54, 1.807) is 0 Å². The van der Waals surface area contributed by atoms with E-state index in [2.05, 4.69) is 43.3 Å². The van der Waals surface area contributed by atoms with E-state index in [0.29, 0.717) is 0 Å². The number of rotatable bonds is 3. The Morgan fingerprint density at radius 3 is 2.44 bits per heavy atom. The molecular formula is C13H15I2Ti. The predicted molar refractivity (Wildman–Crippen MR) is 58.2 cm³/mol. The van der Waals surface area contributed by atoms with Crippen LogP contribution < -0.4 is 48.0 Å². The van der Waals surface area contributed by atoms with Crippen LogP contribution in [0.1, 0.15) is 25.3 Å². The summed E-state index contributed by atoms with van der Waals surface area (Å²) in [5.74, 6) is 0. The van der Waals surface area contributed by atoms with E-state index in [1.807, 2.05) is 0 Å². The molecule has 0 saturated carbocycles. The molecule has 3 heteroatoms. The Kier molecular flexibility index (Phi) is 12.1. The molecule has 85 valence electrons. The van der Waals surface area contributed by atoms with Crippen molar-refractivity contribution in [2.75, 3.05) is 0 Å². The maximum absolute atomic E-state index is 2.31. The average Bonchev–Trinajstić information content (AvgIpc) is 2.57. The zero-order chi connectivity index (χ0) is 9.10. The first-order valence-electron chi connectivity index (χ1n) is 5.04. The van der Waals surface area contributed by atoms with E-state index in [9.17, 15) is 0 Å². The maximum Gasteiger partial charge on any atom is 3.00 e. The van der Waals surface area contributed by atoms with Gasteiger partial charge in [0.05, 0.1) is 0 Å². The summed E-state index contributed by atoms with van der Waals surface area (Å²) in [7, 11) is 0. The number of fused-ring (bicyclic) bond motifs is 1. The molecule has 2 aromatic rings. The second kappa shape index (κ2) is 9.98. The van der Waals surface area contributed by atoms with Crippen molar-refractivity contribution in [3.05, 3.63) is 42.0 Å². The van der Waals surface area contributed by atoms with E-state index in [0.717, 1.165) is 0 Å². The van der Waals surface area contributed by atoms with Crippen LogP contribution in [-0.4, -0.2) is 0 Å². The van der Waals surface area contributed by atoms with Crippen LogP contribution in [0.2, 0.25) is 0 Å². The normalized spacial score (nSPS) is 8.81. The molecule has 0 aliphatic carbocycles. The van der Waals surface area contributed by atoms with Crippen LogP contribution in [0.5, 0.6) is 0 Å². The molecule has 0 amide bonds. The molecular weight excluding hydrogens is 458 g/mol. The second-order valence-electron chi connectivity index (χ2n) is 3.60. The maximum atomic E-state index is 2.31. The molecule has 0 unspecified atom stereocenters. The fourth-order valence-corrected chi connectivity index (χ4v) is 1.74. The van der Waals surface area contributed by atoms with Gasteiger partial charge in [-0.25, -0.2) is 0 Å². The molecule has 0 nitrogen and oxygen atoms in total. The van der Waals surface area contributed by atoms with Crippen LogP contribution >= 0.6 is 0 Å². The summed E-state index contributed by atoms with van der Waals surface area (Å²) in [6, 6.07) is 13.2. The summed E-state index contributed by atoms with van der Waals surface area (Å²) in [5.41, 5.74) is 1.49. The van der Waals surface area contributed by atoms with Crippen molar-refractivity contribution in [1.29, 1.82) is 0 Å². The molecule has 0 bridgehead atoms. The van der Waals surface area contributed by atoms with Gasteiger partial charge in [0.2, 0.25) is 0 Å². The topological polar surface area (TPSA) is 0 Å². The number of aryl methyl sites for hydroxylation is 1. The number of hydrogen-bond acceptors (Lipinski definition) is 0. The fraction of sp³-hybridized carbons (Fsp3) is 0.308. The smallest absolute Gasteiger partial charge is 1.00 e. The van der Waals surface area contributed by atoms with Crippen molar-refractivity contribution in [2.45, 2.75) is 26.2 Å². The average molecular weight is 473 g/mol. The van der Waals surface area contributed by atoms with Gasteiger partial charge in [-0.05, 0) is 6.42 Å². The zero-order valence-electron chi connectivity index (χ0n) is 9.34. The summed E-state index contributed by atoms with van der Waals surface area (Å²) in [6.45, 7) is 2.24. The Morgan fingerprint density at radius 1 is 1.12 bits per heavy atom. The first-order valence-corrected chi connectivity index (χ1v) is 5.04. The Morgan fingerprint density at radius 2 is 1.81 bits per heavy atom. The third-order valence-electron chi connectivity index (χ3n) is 2.50. The molecule has 0 aliphatic heterocycles. The Balaban J connectivity index is 0. The molecule has 2 aromatic carbocycles. The monoisotopic (exact) mass is 473 g/mol. The van der Waals surface area contributed by atoms with Gasteiger partial charge in [0, 0.05) is 0 Å². The standard InChI is InChI=1S/C13H15.2HI.Ti/c1-2-3-6-11-9-12-7-4-5-8-13(12)10-11;;;/h4-5,7-10H,2-3,6H2,1H3;2*1H;/q-1;;;+3/p-2. The van der Waals surface area contributed by atoms with Crippen molar-refractivity contribution in [3.63, 3.8) is 0 Å². The second-order valence-corrected chi connectivity index (χ2v) is 3.60. The molecule has 0 N–H and O–H groups in total. The van der Waals surface area contributed by atoms with Crippen LogP contribution in [0.15, 0.2) is 36.4 Å². The molecule has 0 spiro atoms. The minimum atomic E-state index is 0. The van der Waals surface area contributed by atoms with Crippen LogP contribution in [0.4, 0.5) is 0 Å². The van der Waals surface area contributed by atoms with Crippen LogP contribution in [0, 0.1) is 0 Å². The van der Waals surface area contributed by atoms with Gasteiger partial charge in [-0.2, -0.15) is 6.07 Å². The minimum Gasteiger partial charge on any atom is -1.00 e. The van der Waals surface area contributed by atoms with Gasteiger partial charge in [0.15, 0.2) is 0 Å². The number of hydrogen-bond donors (Lipinski definition) is 0. The van der Waals surface area contributed by atoms with Crippen molar-refractivity contribution in [2.24, 2.45) is 0 Å². The van der Waals surface area contributed by atoms with Crippen molar-refractivity contribution >= 4 is 10.8 Å². The molecule has 0 saturated heterocycles. The zero-order valence-corrected chi connectivity index (χ0v) is 15.2. The van der Waals surface area contributed by atoms with E-state index in [1.165, 1.54) is 35.6 Å². The molecule has 0 heterocycles. The fourth-order valence-electron chi connectivity index (χ4n) is 1.74. The summed E-state index contributed by atoms with van der Waals surface area (Å²) in [4.78, 5) is 0. The number of unbranched alkanes of at least 4 members (excludes halogenated alkanes) is 1. The number of benzene rings is 1. The summed E-state index contributed by atoms with van der Waals surface area (Å²) in [5, 5.41) is 2.77. The van der Waals surface area contributed by atoms with Crippen molar-refractivity contribution in [1.82, 2.24) is 0 Å². The summed E-state index contributed by atoms with van der Waals surface area (Å²) in [6.07, 6.45) is 3.81. The van der Waals surface area contributed by atoms with Gasteiger partial charge >= 0.3 is 21.7 Å². The molecule has 16 heavy (non-hydrogen) atoms. The predicted octanol–water partition coefficient (Wildman–Crippen LogP) is -2.09. The van der Waals surface area contributed by atoms with Crippen LogP contribution in [-0.2, 0) is 28.1 Å². The molecule has 1 radical (unpaired) electrons. The molecule has 0 atom stereocenters.